The minimum atomic E-state index is -0.443. The summed E-state index contributed by atoms with van der Waals surface area (Å²) in [5, 5.41) is 0. The Morgan fingerprint density at radius 2 is 1.87 bits per heavy atom. The second-order valence-corrected chi connectivity index (χ2v) is 6.74. The number of benzene rings is 2. The van der Waals surface area contributed by atoms with Crippen LogP contribution in [0.1, 0.15) is 15.9 Å². The van der Waals surface area contributed by atoms with Crippen molar-refractivity contribution < 1.29 is 14.1 Å². The molecule has 1 aliphatic rings. The van der Waals surface area contributed by atoms with Gasteiger partial charge in [0.2, 0.25) is 0 Å². The van der Waals surface area contributed by atoms with Crippen molar-refractivity contribution in [3.8, 4) is 0 Å². The summed E-state index contributed by atoms with van der Waals surface area (Å²) in [6.07, 6.45) is 0. The van der Waals surface area contributed by atoms with Gasteiger partial charge in [0.05, 0.1) is 31.7 Å². The van der Waals surface area contributed by atoms with E-state index < -0.39 is 5.82 Å². The van der Waals surface area contributed by atoms with Crippen LogP contribution in [0.15, 0.2) is 53.0 Å². The molecule has 0 atom stereocenters. The Morgan fingerprint density at radius 3 is 2.57 bits per heavy atom. The summed E-state index contributed by atoms with van der Waals surface area (Å²) in [7, 11) is 0. The summed E-state index contributed by atoms with van der Waals surface area (Å²) in [6.45, 7) is 4.04. The van der Waals surface area contributed by atoms with E-state index in [-0.39, 0.29) is 11.5 Å². The van der Waals surface area contributed by atoms with Crippen LogP contribution in [-0.2, 0) is 6.54 Å². The second kappa shape index (κ2) is 7.23. The van der Waals surface area contributed by atoms with Crippen LogP contribution in [0, 0.1) is 5.82 Å². The molecule has 1 saturated heterocycles. The number of carbonyl (C=O) groups excluding carboxylic acids is 1. The van der Waals surface area contributed by atoms with Crippen LogP contribution in [-0.4, -0.2) is 37.0 Å². The third-order valence-electron chi connectivity index (χ3n) is 4.21. The SMILES string of the molecule is O=C(c1ccccc1F)N1CC[NH+](Cc2cccc(Br)c2)CC1. The summed E-state index contributed by atoms with van der Waals surface area (Å²) in [5.41, 5.74) is 1.45. The smallest absolute Gasteiger partial charge is 0.257 e. The average Bonchev–Trinajstić information content (AvgIpc) is 2.55. The van der Waals surface area contributed by atoms with E-state index in [1.54, 1.807) is 23.1 Å². The van der Waals surface area contributed by atoms with E-state index in [0.29, 0.717) is 13.1 Å². The molecule has 1 fully saturated rings. The Hall–Kier alpha value is -1.72. The van der Waals surface area contributed by atoms with Gasteiger partial charge in [0, 0.05) is 10.0 Å². The topological polar surface area (TPSA) is 24.8 Å². The zero-order chi connectivity index (χ0) is 16.2. The Labute approximate surface area is 143 Å². The summed E-state index contributed by atoms with van der Waals surface area (Å²) in [5.74, 6) is -0.647. The Bertz CT molecular complexity index is 699. The maximum absolute atomic E-state index is 13.7. The second-order valence-electron chi connectivity index (χ2n) is 5.83. The molecule has 2 aromatic rings. The highest BCUT2D eigenvalue weighted by Gasteiger charge is 2.25. The molecule has 23 heavy (non-hydrogen) atoms. The first kappa shape index (κ1) is 16.1. The summed E-state index contributed by atoms with van der Waals surface area (Å²) >= 11 is 3.49. The van der Waals surface area contributed by atoms with Gasteiger partial charge in [-0.15, -0.1) is 0 Å². The number of amides is 1. The van der Waals surface area contributed by atoms with E-state index in [2.05, 4.69) is 28.1 Å². The fourth-order valence-electron chi connectivity index (χ4n) is 2.94. The van der Waals surface area contributed by atoms with E-state index in [0.717, 1.165) is 24.1 Å². The van der Waals surface area contributed by atoms with Crippen molar-refractivity contribution in [1.29, 1.82) is 0 Å². The van der Waals surface area contributed by atoms with Crippen LogP contribution in [0.3, 0.4) is 0 Å². The van der Waals surface area contributed by atoms with Gasteiger partial charge < -0.3 is 9.80 Å². The molecule has 0 aromatic heterocycles. The van der Waals surface area contributed by atoms with Crippen molar-refractivity contribution in [2.24, 2.45) is 0 Å². The number of quaternary nitrogens is 1. The van der Waals surface area contributed by atoms with E-state index in [9.17, 15) is 9.18 Å². The molecule has 3 nitrogen and oxygen atoms in total. The van der Waals surface area contributed by atoms with Crippen LogP contribution >= 0.6 is 15.9 Å². The van der Waals surface area contributed by atoms with Crippen LogP contribution in [0.5, 0.6) is 0 Å². The quantitative estimate of drug-likeness (QED) is 0.870. The molecule has 0 radical (unpaired) electrons. The molecular formula is C18H19BrFN2O+. The minimum Gasteiger partial charge on any atom is -0.328 e. The molecule has 0 bridgehead atoms. The normalized spacial score (nSPS) is 15.7. The van der Waals surface area contributed by atoms with Gasteiger partial charge in [-0.3, -0.25) is 4.79 Å². The summed E-state index contributed by atoms with van der Waals surface area (Å²) < 4.78 is 14.8. The largest absolute Gasteiger partial charge is 0.328 e. The molecule has 120 valence electrons. The lowest BCUT2D eigenvalue weighted by Gasteiger charge is -2.32. The van der Waals surface area contributed by atoms with Gasteiger partial charge in [0.15, 0.2) is 0 Å². The third-order valence-corrected chi connectivity index (χ3v) is 4.70. The molecule has 0 aliphatic carbocycles. The Balaban J connectivity index is 1.58. The number of halogens is 2. The Morgan fingerprint density at radius 1 is 1.13 bits per heavy atom. The fraction of sp³-hybridized carbons (Fsp3) is 0.278. The van der Waals surface area contributed by atoms with Gasteiger partial charge in [-0.05, 0) is 24.3 Å². The molecule has 1 aliphatic heterocycles. The molecule has 5 heteroatoms. The minimum absolute atomic E-state index is 0.169. The fourth-order valence-corrected chi connectivity index (χ4v) is 3.39. The van der Waals surface area contributed by atoms with Gasteiger partial charge in [-0.2, -0.15) is 0 Å². The van der Waals surface area contributed by atoms with E-state index >= 15 is 0 Å². The van der Waals surface area contributed by atoms with Crippen molar-refractivity contribution in [3.63, 3.8) is 0 Å². The van der Waals surface area contributed by atoms with Crippen LogP contribution < -0.4 is 4.90 Å². The average molecular weight is 378 g/mol. The van der Waals surface area contributed by atoms with Gasteiger partial charge in [0.1, 0.15) is 12.4 Å². The predicted molar refractivity (Wildman–Crippen MR) is 90.8 cm³/mol. The van der Waals surface area contributed by atoms with Gasteiger partial charge in [-0.25, -0.2) is 4.39 Å². The first-order chi connectivity index (χ1) is 11.1. The first-order valence-corrected chi connectivity index (χ1v) is 8.54. The lowest BCUT2D eigenvalue weighted by Crippen LogP contribution is -3.13. The number of nitrogens with one attached hydrogen (secondary N) is 1. The van der Waals surface area contributed by atoms with Gasteiger partial charge in [0.25, 0.3) is 5.91 Å². The van der Waals surface area contributed by atoms with Gasteiger partial charge >= 0.3 is 0 Å². The van der Waals surface area contributed by atoms with Crippen molar-refractivity contribution in [2.45, 2.75) is 6.54 Å². The standard InChI is InChI=1S/C18H18BrFN2O/c19-15-5-3-4-14(12-15)13-21-8-10-22(11-9-21)18(23)16-6-1-2-7-17(16)20/h1-7,12H,8-11,13H2/p+1. The molecular weight excluding hydrogens is 359 g/mol. The highest BCUT2D eigenvalue weighted by molar-refractivity contribution is 9.10. The molecule has 2 aromatic carbocycles. The number of rotatable bonds is 3. The van der Waals surface area contributed by atoms with Crippen LogP contribution in [0.4, 0.5) is 4.39 Å². The number of hydrogen-bond acceptors (Lipinski definition) is 1. The number of carbonyl (C=O) groups is 1. The van der Waals surface area contributed by atoms with Crippen LogP contribution in [0.2, 0.25) is 0 Å². The Kier molecular flexibility index (Phi) is 5.08. The van der Waals surface area contributed by atoms with Gasteiger partial charge in [-0.1, -0.05) is 40.2 Å². The molecule has 0 unspecified atom stereocenters. The molecule has 0 spiro atoms. The molecule has 0 saturated carbocycles. The zero-order valence-electron chi connectivity index (χ0n) is 12.8. The summed E-state index contributed by atoms with van der Waals surface area (Å²) in [6, 6.07) is 14.5. The van der Waals surface area contributed by atoms with Crippen molar-refractivity contribution in [1.82, 2.24) is 4.90 Å². The molecule has 1 amide bonds. The molecule has 1 N–H and O–H groups in total. The summed E-state index contributed by atoms with van der Waals surface area (Å²) in [4.78, 5) is 15.6. The van der Waals surface area contributed by atoms with Crippen LogP contribution in [0.25, 0.3) is 0 Å². The lowest BCUT2D eigenvalue weighted by atomic mass is 10.1. The van der Waals surface area contributed by atoms with Crippen molar-refractivity contribution in [2.75, 3.05) is 26.2 Å². The zero-order valence-corrected chi connectivity index (χ0v) is 14.4. The van der Waals surface area contributed by atoms with E-state index in [4.69, 9.17) is 0 Å². The number of hydrogen-bond donors (Lipinski definition) is 1. The van der Waals surface area contributed by atoms with Crippen molar-refractivity contribution >= 4 is 21.8 Å². The highest BCUT2D eigenvalue weighted by Crippen LogP contribution is 2.12. The maximum atomic E-state index is 13.7. The van der Waals surface area contributed by atoms with E-state index in [1.165, 1.54) is 16.5 Å². The predicted octanol–water partition coefficient (Wildman–Crippen LogP) is 2.13. The van der Waals surface area contributed by atoms with E-state index in [1.807, 2.05) is 12.1 Å². The van der Waals surface area contributed by atoms with Crippen molar-refractivity contribution in [3.05, 3.63) is 69.9 Å². The first-order valence-electron chi connectivity index (χ1n) is 7.75. The molecule has 3 rings (SSSR count). The number of nitrogens with zero attached hydrogens (tertiary/aromatic N) is 1. The molecule has 1 heterocycles. The number of piperazine rings is 1. The highest BCUT2D eigenvalue weighted by atomic mass is 79.9. The third kappa shape index (κ3) is 3.98. The monoisotopic (exact) mass is 377 g/mol. The lowest BCUT2D eigenvalue weighted by molar-refractivity contribution is -0.917. The maximum Gasteiger partial charge on any atom is 0.257 e.